The largest absolute Gasteiger partial charge is 0.383 e. The Balaban J connectivity index is 2.57. The third kappa shape index (κ3) is 2.05. The van der Waals surface area contributed by atoms with Crippen molar-refractivity contribution >= 4 is 5.82 Å². The van der Waals surface area contributed by atoms with Crippen LogP contribution in [0, 0.1) is 0 Å². The molecule has 2 N–H and O–H groups in total. The van der Waals surface area contributed by atoms with Crippen LogP contribution in [-0.2, 0) is 6.42 Å². The fourth-order valence-corrected chi connectivity index (χ4v) is 2.07. The fourth-order valence-electron chi connectivity index (χ4n) is 2.07. The van der Waals surface area contributed by atoms with Gasteiger partial charge in [-0.3, -0.25) is 0 Å². The van der Waals surface area contributed by atoms with Crippen molar-refractivity contribution in [3.05, 3.63) is 41.6 Å². The van der Waals surface area contributed by atoms with E-state index < -0.39 is 0 Å². The molecule has 0 fully saturated rings. The number of aromatic nitrogens is 2. The molecule has 0 aliphatic heterocycles. The summed E-state index contributed by atoms with van der Waals surface area (Å²) in [7, 11) is 0. The quantitative estimate of drug-likeness (QED) is 0.878. The van der Waals surface area contributed by atoms with Crippen molar-refractivity contribution < 1.29 is 0 Å². The zero-order valence-corrected chi connectivity index (χ0v) is 10.6. The van der Waals surface area contributed by atoms with Crippen LogP contribution < -0.4 is 5.73 Å². The molecule has 0 saturated heterocycles. The van der Waals surface area contributed by atoms with Crippen molar-refractivity contribution in [2.45, 2.75) is 33.1 Å². The maximum atomic E-state index is 6.18. The summed E-state index contributed by atoms with van der Waals surface area (Å²) >= 11 is 0. The maximum absolute atomic E-state index is 6.18. The van der Waals surface area contributed by atoms with Crippen LogP contribution in [0.25, 0.3) is 5.69 Å². The summed E-state index contributed by atoms with van der Waals surface area (Å²) in [6.07, 6.45) is 0.923. The van der Waals surface area contributed by atoms with E-state index in [1.807, 2.05) is 35.0 Å². The SMILES string of the molecule is CCc1c(C(C)C)nn(-c2ccccc2)c1N. The summed E-state index contributed by atoms with van der Waals surface area (Å²) in [5.41, 5.74) is 9.48. The molecule has 3 heteroatoms. The summed E-state index contributed by atoms with van der Waals surface area (Å²) < 4.78 is 1.84. The molecule has 0 unspecified atom stereocenters. The first-order chi connectivity index (χ1) is 8.15. The smallest absolute Gasteiger partial charge is 0.130 e. The van der Waals surface area contributed by atoms with Gasteiger partial charge in [-0.2, -0.15) is 5.10 Å². The summed E-state index contributed by atoms with van der Waals surface area (Å²) in [6.45, 7) is 6.42. The third-order valence-electron chi connectivity index (χ3n) is 2.96. The molecule has 3 nitrogen and oxygen atoms in total. The Bertz CT molecular complexity index is 498. The van der Waals surface area contributed by atoms with Crippen LogP contribution in [0.1, 0.15) is 37.9 Å². The molecule has 0 bridgehead atoms. The van der Waals surface area contributed by atoms with E-state index in [4.69, 9.17) is 5.73 Å². The average Bonchev–Trinajstić information content (AvgIpc) is 2.67. The van der Waals surface area contributed by atoms with E-state index in [1.165, 1.54) is 5.56 Å². The fraction of sp³-hybridized carbons (Fsp3) is 0.357. The standard InChI is InChI=1S/C14H19N3/c1-4-12-13(10(2)3)16-17(14(12)15)11-8-6-5-7-9-11/h5-10H,4,15H2,1-3H3. The van der Waals surface area contributed by atoms with E-state index >= 15 is 0 Å². The zero-order chi connectivity index (χ0) is 12.4. The van der Waals surface area contributed by atoms with E-state index in [0.717, 1.165) is 23.6 Å². The second kappa shape index (κ2) is 4.62. The van der Waals surface area contributed by atoms with E-state index in [-0.39, 0.29) is 0 Å². The van der Waals surface area contributed by atoms with Crippen LogP contribution in [0.3, 0.4) is 0 Å². The van der Waals surface area contributed by atoms with Gasteiger partial charge in [0, 0.05) is 5.56 Å². The number of hydrogen-bond acceptors (Lipinski definition) is 2. The van der Waals surface area contributed by atoms with Gasteiger partial charge in [0.15, 0.2) is 0 Å². The summed E-state index contributed by atoms with van der Waals surface area (Å²) in [4.78, 5) is 0. The first-order valence-electron chi connectivity index (χ1n) is 6.07. The molecule has 0 spiro atoms. The summed E-state index contributed by atoms with van der Waals surface area (Å²) in [5, 5.41) is 4.64. The molecule has 0 amide bonds. The van der Waals surface area contributed by atoms with Crippen molar-refractivity contribution in [3.8, 4) is 5.69 Å². The molecule has 90 valence electrons. The summed E-state index contributed by atoms with van der Waals surface area (Å²) in [6, 6.07) is 10.0. The minimum atomic E-state index is 0.400. The molecule has 17 heavy (non-hydrogen) atoms. The van der Waals surface area contributed by atoms with Gasteiger partial charge in [0.25, 0.3) is 0 Å². The molecule has 0 radical (unpaired) electrons. The average molecular weight is 229 g/mol. The molecular formula is C14H19N3. The van der Waals surface area contributed by atoms with Gasteiger partial charge in [-0.25, -0.2) is 4.68 Å². The second-order valence-electron chi connectivity index (χ2n) is 4.50. The first-order valence-corrected chi connectivity index (χ1v) is 6.07. The van der Waals surface area contributed by atoms with Crippen LogP contribution in [0.4, 0.5) is 5.82 Å². The minimum Gasteiger partial charge on any atom is -0.383 e. The normalized spacial score (nSPS) is 11.1. The zero-order valence-electron chi connectivity index (χ0n) is 10.6. The molecule has 0 aliphatic rings. The lowest BCUT2D eigenvalue weighted by Crippen LogP contribution is -2.02. The number of nitrogens with zero attached hydrogens (tertiary/aromatic N) is 2. The minimum absolute atomic E-state index is 0.400. The summed E-state index contributed by atoms with van der Waals surface area (Å²) in [5.74, 6) is 1.17. The van der Waals surface area contributed by atoms with E-state index in [9.17, 15) is 0 Å². The number of para-hydroxylation sites is 1. The first kappa shape index (κ1) is 11.7. The van der Waals surface area contributed by atoms with Gasteiger partial charge in [0.05, 0.1) is 11.4 Å². The molecule has 1 aromatic carbocycles. The molecule has 1 heterocycles. The van der Waals surface area contributed by atoms with Crippen molar-refractivity contribution in [3.63, 3.8) is 0 Å². The Morgan fingerprint density at radius 3 is 2.35 bits per heavy atom. The van der Waals surface area contributed by atoms with Gasteiger partial charge >= 0.3 is 0 Å². The highest BCUT2D eigenvalue weighted by Crippen LogP contribution is 2.26. The number of hydrogen-bond donors (Lipinski definition) is 1. The van der Waals surface area contributed by atoms with E-state index in [0.29, 0.717) is 5.92 Å². The van der Waals surface area contributed by atoms with Gasteiger partial charge in [-0.05, 0) is 24.5 Å². The van der Waals surface area contributed by atoms with Crippen LogP contribution >= 0.6 is 0 Å². The molecule has 0 saturated carbocycles. The Morgan fingerprint density at radius 2 is 1.88 bits per heavy atom. The second-order valence-corrected chi connectivity index (χ2v) is 4.50. The van der Waals surface area contributed by atoms with Gasteiger partial charge in [-0.1, -0.05) is 39.0 Å². The van der Waals surface area contributed by atoms with E-state index in [1.54, 1.807) is 0 Å². The van der Waals surface area contributed by atoms with Crippen molar-refractivity contribution in [1.82, 2.24) is 9.78 Å². The highest BCUT2D eigenvalue weighted by atomic mass is 15.3. The monoisotopic (exact) mass is 229 g/mol. The Labute approximate surface area is 102 Å². The number of rotatable bonds is 3. The van der Waals surface area contributed by atoms with Gasteiger partial charge in [0.1, 0.15) is 5.82 Å². The van der Waals surface area contributed by atoms with Crippen LogP contribution in [0.5, 0.6) is 0 Å². The van der Waals surface area contributed by atoms with E-state index in [2.05, 4.69) is 25.9 Å². The van der Waals surface area contributed by atoms with Gasteiger partial charge < -0.3 is 5.73 Å². The lowest BCUT2D eigenvalue weighted by Gasteiger charge is -2.03. The predicted octanol–water partition coefficient (Wildman–Crippen LogP) is 3.14. The molecule has 0 aliphatic carbocycles. The number of nitrogen functional groups attached to an aromatic ring is 1. The van der Waals surface area contributed by atoms with Gasteiger partial charge in [-0.15, -0.1) is 0 Å². The molecule has 1 aromatic heterocycles. The predicted molar refractivity (Wildman–Crippen MR) is 71.4 cm³/mol. The number of nitrogens with two attached hydrogens (primary N) is 1. The molecule has 2 rings (SSSR count). The van der Waals surface area contributed by atoms with Crippen molar-refractivity contribution in [2.24, 2.45) is 0 Å². The number of anilines is 1. The Hall–Kier alpha value is -1.77. The van der Waals surface area contributed by atoms with Gasteiger partial charge in [0.2, 0.25) is 0 Å². The molecule has 0 atom stereocenters. The highest BCUT2D eigenvalue weighted by molar-refractivity contribution is 5.50. The van der Waals surface area contributed by atoms with Crippen LogP contribution in [0.2, 0.25) is 0 Å². The van der Waals surface area contributed by atoms with Crippen LogP contribution in [-0.4, -0.2) is 9.78 Å². The topological polar surface area (TPSA) is 43.8 Å². The number of benzene rings is 1. The molecule has 2 aromatic rings. The maximum Gasteiger partial charge on any atom is 0.130 e. The Morgan fingerprint density at radius 1 is 1.24 bits per heavy atom. The Kier molecular flexibility index (Phi) is 3.18. The van der Waals surface area contributed by atoms with Crippen molar-refractivity contribution in [1.29, 1.82) is 0 Å². The lowest BCUT2D eigenvalue weighted by atomic mass is 10.0. The molecular weight excluding hydrogens is 210 g/mol. The van der Waals surface area contributed by atoms with Crippen LogP contribution in [0.15, 0.2) is 30.3 Å². The third-order valence-corrected chi connectivity index (χ3v) is 2.96. The lowest BCUT2D eigenvalue weighted by molar-refractivity contribution is 0.764. The van der Waals surface area contributed by atoms with Crippen molar-refractivity contribution in [2.75, 3.05) is 5.73 Å². The highest BCUT2D eigenvalue weighted by Gasteiger charge is 2.16.